The first-order valence-corrected chi connectivity index (χ1v) is 8.38. The summed E-state index contributed by atoms with van der Waals surface area (Å²) >= 11 is 8.69. The summed E-state index contributed by atoms with van der Waals surface area (Å²) in [6.07, 6.45) is 0. The first-order valence-electron chi connectivity index (χ1n) is 7.18. The van der Waals surface area contributed by atoms with E-state index < -0.39 is 0 Å². The number of nitrogens with one attached hydrogen (secondary N) is 2. The van der Waals surface area contributed by atoms with Gasteiger partial charge in [-0.15, -0.1) is 0 Å². The highest BCUT2D eigenvalue weighted by molar-refractivity contribution is 9.10. The van der Waals surface area contributed by atoms with E-state index in [-0.39, 0.29) is 0 Å². The summed E-state index contributed by atoms with van der Waals surface area (Å²) in [6.45, 7) is 4.53. The molecule has 0 unspecified atom stereocenters. The number of nitrogens with zero attached hydrogens (tertiary/aromatic N) is 1. The van der Waals surface area contributed by atoms with Gasteiger partial charge < -0.3 is 10.1 Å². The highest BCUT2D eigenvalue weighted by Gasteiger charge is 2.00. The fourth-order valence-electron chi connectivity index (χ4n) is 1.87. The molecule has 0 aliphatic rings. The third-order valence-electron chi connectivity index (χ3n) is 2.99. The second-order valence-electron chi connectivity index (χ2n) is 4.73. The second-order valence-corrected chi connectivity index (χ2v) is 6.05. The maximum absolute atomic E-state index is 5.40. The molecular weight excluding hydrogens is 374 g/mol. The molecule has 2 aromatic carbocycles. The molecule has 0 radical (unpaired) electrons. The van der Waals surface area contributed by atoms with E-state index in [9.17, 15) is 0 Å². The summed E-state index contributed by atoms with van der Waals surface area (Å²) in [5.74, 6) is 0.834. The minimum Gasteiger partial charge on any atom is -0.494 e. The van der Waals surface area contributed by atoms with E-state index >= 15 is 0 Å². The minimum absolute atomic E-state index is 0.434. The van der Waals surface area contributed by atoms with Crippen LogP contribution in [0.4, 0.5) is 5.69 Å². The monoisotopic (exact) mass is 391 g/mol. The van der Waals surface area contributed by atoms with Crippen LogP contribution >= 0.6 is 28.1 Å². The quantitative estimate of drug-likeness (QED) is 0.445. The van der Waals surface area contributed by atoms with E-state index in [4.69, 9.17) is 17.0 Å². The zero-order valence-corrected chi connectivity index (χ0v) is 15.4. The number of anilines is 1. The Bertz CT molecular complexity index is 701. The highest BCUT2D eigenvalue weighted by Crippen LogP contribution is 2.15. The van der Waals surface area contributed by atoms with E-state index in [0.717, 1.165) is 27.2 Å². The third-order valence-corrected chi connectivity index (χ3v) is 3.68. The number of hydrazone groups is 1. The normalized spacial score (nSPS) is 11.0. The van der Waals surface area contributed by atoms with Crippen LogP contribution in [0, 0.1) is 0 Å². The molecule has 0 aromatic heterocycles. The number of halogens is 1. The average molecular weight is 392 g/mol. The van der Waals surface area contributed by atoms with Crippen LogP contribution in [0.25, 0.3) is 0 Å². The van der Waals surface area contributed by atoms with Crippen molar-refractivity contribution >= 4 is 44.7 Å². The summed E-state index contributed by atoms with van der Waals surface area (Å²) in [5, 5.41) is 7.81. The molecule has 0 bridgehead atoms. The fourth-order valence-corrected chi connectivity index (χ4v) is 2.44. The molecule has 0 aliphatic carbocycles. The number of ether oxygens (including phenoxy) is 1. The molecule has 0 saturated heterocycles. The van der Waals surface area contributed by atoms with Crippen LogP contribution in [0.2, 0.25) is 0 Å². The van der Waals surface area contributed by atoms with Gasteiger partial charge in [0.15, 0.2) is 5.11 Å². The van der Waals surface area contributed by atoms with Crippen LogP contribution in [0.3, 0.4) is 0 Å². The zero-order chi connectivity index (χ0) is 16.7. The molecule has 23 heavy (non-hydrogen) atoms. The maximum Gasteiger partial charge on any atom is 0.191 e. The molecule has 0 saturated carbocycles. The molecule has 0 heterocycles. The van der Waals surface area contributed by atoms with Crippen molar-refractivity contribution < 1.29 is 4.74 Å². The topological polar surface area (TPSA) is 45.6 Å². The molecule has 2 N–H and O–H groups in total. The van der Waals surface area contributed by atoms with Gasteiger partial charge in [-0.25, -0.2) is 0 Å². The minimum atomic E-state index is 0.434. The lowest BCUT2D eigenvalue weighted by molar-refractivity contribution is 0.340. The van der Waals surface area contributed by atoms with E-state index in [1.165, 1.54) is 0 Å². The van der Waals surface area contributed by atoms with Gasteiger partial charge in [0.05, 0.1) is 12.3 Å². The van der Waals surface area contributed by atoms with Crippen LogP contribution in [0.1, 0.15) is 19.4 Å². The van der Waals surface area contributed by atoms with Crippen molar-refractivity contribution in [1.29, 1.82) is 0 Å². The van der Waals surface area contributed by atoms with E-state index in [2.05, 4.69) is 31.8 Å². The summed E-state index contributed by atoms with van der Waals surface area (Å²) in [4.78, 5) is 0. The largest absolute Gasteiger partial charge is 0.494 e. The van der Waals surface area contributed by atoms with Crippen molar-refractivity contribution in [2.24, 2.45) is 5.10 Å². The summed E-state index contributed by atoms with van der Waals surface area (Å²) in [5.41, 5.74) is 5.60. The Morgan fingerprint density at radius 2 is 1.96 bits per heavy atom. The maximum atomic E-state index is 5.40. The van der Waals surface area contributed by atoms with E-state index in [1.807, 2.05) is 62.4 Å². The SMILES string of the molecule is CCOc1ccc(NC(=S)NN=C(C)c2cccc(Br)c2)cc1. The number of rotatable bonds is 5. The first kappa shape index (κ1) is 17.4. The number of benzene rings is 2. The van der Waals surface area contributed by atoms with Crippen molar-refractivity contribution in [3.8, 4) is 5.75 Å². The molecule has 0 fully saturated rings. The smallest absolute Gasteiger partial charge is 0.191 e. The first-order chi connectivity index (χ1) is 11.1. The molecule has 0 spiro atoms. The summed E-state index contributed by atoms with van der Waals surface area (Å²) < 4.78 is 6.42. The molecule has 4 nitrogen and oxygen atoms in total. The van der Waals surface area contributed by atoms with Gasteiger partial charge in [-0.2, -0.15) is 5.10 Å². The van der Waals surface area contributed by atoms with Crippen LogP contribution in [0.5, 0.6) is 5.75 Å². The van der Waals surface area contributed by atoms with Gasteiger partial charge in [0.1, 0.15) is 5.75 Å². The number of thiocarbonyl (C=S) groups is 1. The van der Waals surface area contributed by atoms with Crippen molar-refractivity contribution in [3.05, 3.63) is 58.6 Å². The summed E-state index contributed by atoms with van der Waals surface area (Å²) in [6, 6.07) is 15.5. The molecule has 120 valence electrons. The van der Waals surface area contributed by atoms with E-state index in [1.54, 1.807) is 0 Å². The number of hydrogen-bond donors (Lipinski definition) is 2. The van der Waals surface area contributed by atoms with Gasteiger partial charge in [-0.05, 0) is 68.0 Å². The average Bonchev–Trinajstić information content (AvgIpc) is 2.55. The van der Waals surface area contributed by atoms with Gasteiger partial charge in [0, 0.05) is 10.2 Å². The predicted molar refractivity (Wildman–Crippen MR) is 103 cm³/mol. The van der Waals surface area contributed by atoms with Crippen LogP contribution in [0.15, 0.2) is 58.1 Å². The Labute approximate surface area is 150 Å². The predicted octanol–water partition coefficient (Wildman–Crippen LogP) is 4.56. The molecule has 2 rings (SSSR count). The molecule has 0 aliphatic heterocycles. The zero-order valence-electron chi connectivity index (χ0n) is 13.0. The third kappa shape index (κ3) is 5.65. The lowest BCUT2D eigenvalue weighted by Crippen LogP contribution is -2.24. The van der Waals surface area contributed by atoms with Crippen molar-refractivity contribution in [3.63, 3.8) is 0 Å². The standard InChI is InChI=1S/C17H18BrN3OS/c1-3-22-16-9-7-15(8-10-16)19-17(23)21-20-12(2)13-5-4-6-14(18)11-13/h4-11H,3H2,1-2H3,(H2,19,21,23). The summed E-state index contributed by atoms with van der Waals surface area (Å²) in [7, 11) is 0. The van der Waals surface area contributed by atoms with Crippen LogP contribution in [-0.4, -0.2) is 17.4 Å². The lowest BCUT2D eigenvalue weighted by Gasteiger charge is -2.09. The Hall–Kier alpha value is -1.92. The Morgan fingerprint density at radius 1 is 1.22 bits per heavy atom. The molecule has 0 atom stereocenters. The van der Waals surface area contributed by atoms with Gasteiger partial charge in [0.2, 0.25) is 0 Å². The Morgan fingerprint density at radius 3 is 2.61 bits per heavy atom. The molecule has 2 aromatic rings. The van der Waals surface area contributed by atoms with Crippen molar-refractivity contribution in [1.82, 2.24) is 5.43 Å². The molecular formula is C17H18BrN3OS. The van der Waals surface area contributed by atoms with Crippen molar-refractivity contribution in [2.45, 2.75) is 13.8 Å². The molecule has 6 heteroatoms. The van der Waals surface area contributed by atoms with Crippen LogP contribution < -0.4 is 15.5 Å². The van der Waals surface area contributed by atoms with Gasteiger partial charge >= 0.3 is 0 Å². The van der Waals surface area contributed by atoms with Gasteiger partial charge in [0.25, 0.3) is 0 Å². The number of hydrogen-bond acceptors (Lipinski definition) is 3. The fraction of sp³-hybridized carbons (Fsp3) is 0.176. The Kier molecular flexibility index (Phi) is 6.55. The van der Waals surface area contributed by atoms with E-state index in [0.29, 0.717) is 11.7 Å². The lowest BCUT2D eigenvalue weighted by atomic mass is 10.1. The highest BCUT2D eigenvalue weighted by atomic mass is 79.9. The van der Waals surface area contributed by atoms with Gasteiger partial charge in [-0.3, -0.25) is 5.43 Å². The van der Waals surface area contributed by atoms with Crippen molar-refractivity contribution in [2.75, 3.05) is 11.9 Å². The van der Waals surface area contributed by atoms with Gasteiger partial charge in [-0.1, -0.05) is 28.1 Å². The molecule has 0 amide bonds. The second kappa shape index (κ2) is 8.64. The Balaban J connectivity index is 1.92. The van der Waals surface area contributed by atoms with Crippen LogP contribution in [-0.2, 0) is 0 Å².